The van der Waals surface area contributed by atoms with Crippen molar-refractivity contribution in [3.63, 3.8) is 0 Å². The molecule has 0 radical (unpaired) electrons. The maximum atomic E-state index is 13.0. The van der Waals surface area contributed by atoms with Gasteiger partial charge in [0.25, 0.3) is 5.78 Å². The van der Waals surface area contributed by atoms with Crippen LogP contribution in [0, 0.1) is 5.92 Å². The van der Waals surface area contributed by atoms with Gasteiger partial charge in [0.1, 0.15) is 19.0 Å². The molecule has 166 valence electrons. The van der Waals surface area contributed by atoms with E-state index < -0.39 is 11.7 Å². The Morgan fingerprint density at radius 3 is 2.53 bits per heavy atom. The number of carbonyl (C=O) groups is 3. The maximum Gasteiger partial charge on any atom is 0.300 e. The summed E-state index contributed by atoms with van der Waals surface area (Å²) in [7, 11) is 1.55. The number of piperidine rings is 1. The summed E-state index contributed by atoms with van der Waals surface area (Å²) in [5.41, 5.74) is 1.61. The highest BCUT2D eigenvalue weighted by Crippen LogP contribution is 2.34. The number of anilines is 1. The first kappa shape index (κ1) is 20.5. The molecule has 3 aliphatic rings. The third-order valence-electron chi connectivity index (χ3n) is 6.31. The first-order valence-electron chi connectivity index (χ1n) is 10.8. The number of ketones is 2. The Labute approximate surface area is 185 Å². The molecule has 0 aromatic heterocycles. The lowest BCUT2D eigenvalue weighted by molar-refractivity contribution is -0.114. The molecule has 1 saturated heterocycles. The summed E-state index contributed by atoms with van der Waals surface area (Å²) < 4.78 is 16.4. The number of likely N-dealkylation sites (tertiary alicyclic amines) is 1. The van der Waals surface area contributed by atoms with Gasteiger partial charge in [0, 0.05) is 30.6 Å². The second-order valence-corrected chi connectivity index (χ2v) is 8.20. The minimum absolute atomic E-state index is 0.0860. The van der Waals surface area contributed by atoms with Crippen LogP contribution in [0.4, 0.5) is 5.69 Å². The molecule has 8 heteroatoms. The van der Waals surface area contributed by atoms with Crippen LogP contribution < -0.4 is 19.1 Å². The van der Waals surface area contributed by atoms with Crippen LogP contribution in [0.1, 0.15) is 33.6 Å². The van der Waals surface area contributed by atoms with Gasteiger partial charge >= 0.3 is 5.91 Å². The average Bonchev–Trinajstić information content (AvgIpc) is 3.08. The van der Waals surface area contributed by atoms with E-state index in [4.69, 9.17) is 14.2 Å². The smallest absolute Gasteiger partial charge is 0.300 e. The largest absolute Gasteiger partial charge is 0.497 e. The molecule has 0 bridgehead atoms. The minimum atomic E-state index is -0.525. The summed E-state index contributed by atoms with van der Waals surface area (Å²) >= 11 is 0. The van der Waals surface area contributed by atoms with Gasteiger partial charge in [-0.2, -0.15) is 0 Å². The normalized spacial score (nSPS) is 18.6. The quantitative estimate of drug-likeness (QED) is 0.526. The molecule has 32 heavy (non-hydrogen) atoms. The van der Waals surface area contributed by atoms with Gasteiger partial charge in [-0.1, -0.05) is 0 Å². The molecule has 5 rings (SSSR count). The lowest BCUT2D eigenvalue weighted by atomic mass is 9.89. The Hall–Kier alpha value is -3.39. The zero-order valence-corrected chi connectivity index (χ0v) is 17.8. The molecule has 2 aromatic rings. The molecule has 0 spiro atoms. The van der Waals surface area contributed by atoms with Gasteiger partial charge < -0.3 is 14.2 Å². The first-order valence-corrected chi connectivity index (χ1v) is 10.8. The Balaban J connectivity index is 1.23. The van der Waals surface area contributed by atoms with E-state index in [2.05, 4.69) is 4.90 Å². The Morgan fingerprint density at radius 1 is 1.03 bits per heavy atom. The van der Waals surface area contributed by atoms with Crippen molar-refractivity contribution < 1.29 is 28.6 Å². The van der Waals surface area contributed by atoms with Crippen LogP contribution in [0.25, 0.3) is 0 Å². The zero-order valence-electron chi connectivity index (χ0n) is 17.8. The Kier molecular flexibility index (Phi) is 5.30. The van der Waals surface area contributed by atoms with E-state index in [1.807, 2.05) is 0 Å². The number of hydrogen-bond donors (Lipinski definition) is 0. The fraction of sp³-hybridized carbons (Fsp3) is 0.375. The van der Waals surface area contributed by atoms with Crippen LogP contribution in [0.3, 0.4) is 0 Å². The molecular weight excluding hydrogens is 412 g/mol. The van der Waals surface area contributed by atoms with Crippen LogP contribution >= 0.6 is 0 Å². The molecule has 0 aliphatic carbocycles. The lowest BCUT2D eigenvalue weighted by Gasteiger charge is -2.34. The highest BCUT2D eigenvalue weighted by Gasteiger charge is 2.38. The van der Waals surface area contributed by atoms with Gasteiger partial charge in [0.15, 0.2) is 17.3 Å². The van der Waals surface area contributed by atoms with Crippen molar-refractivity contribution >= 4 is 23.2 Å². The number of Topliss-reactive ketones (excluding diaryl/α,β-unsaturated/α-hetero) is 2. The second kappa shape index (κ2) is 8.27. The molecule has 3 aliphatic heterocycles. The van der Waals surface area contributed by atoms with Gasteiger partial charge in [0.05, 0.1) is 25.0 Å². The monoisotopic (exact) mass is 436 g/mol. The first-order chi connectivity index (χ1) is 15.5. The van der Waals surface area contributed by atoms with E-state index in [1.165, 1.54) is 4.90 Å². The molecule has 0 saturated carbocycles. The van der Waals surface area contributed by atoms with E-state index in [0.29, 0.717) is 79.9 Å². The number of nitrogens with zero attached hydrogens (tertiary/aromatic N) is 2. The summed E-state index contributed by atoms with van der Waals surface area (Å²) in [6, 6.07) is 10.4. The van der Waals surface area contributed by atoms with Crippen molar-refractivity contribution in [3.05, 3.63) is 47.5 Å². The highest BCUT2D eigenvalue weighted by atomic mass is 16.6. The third-order valence-corrected chi connectivity index (χ3v) is 6.31. The number of rotatable bonds is 5. The van der Waals surface area contributed by atoms with Gasteiger partial charge in [-0.15, -0.1) is 0 Å². The van der Waals surface area contributed by atoms with E-state index in [1.54, 1.807) is 43.5 Å². The fourth-order valence-corrected chi connectivity index (χ4v) is 4.51. The number of benzene rings is 2. The van der Waals surface area contributed by atoms with E-state index in [0.717, 1.165) is 0 Å². The number of methoxy groups -OCH3 is 1. The standard InChI is InChI=1S/C24H24N2O6/c1-30-17-3-4-18-19(13-17)26(24(29)23(18)28)14-25-8-6-15(7-9-25)22(27)16-2-5-20-21(12-16)32-11-10-31-20/h2-5,12-13,15H,6-11,14H2,1H3. The van der Waals surface area contributed by atoms with Crippen molar-refractivity contribution in [1.29, 1.82) is 0 Å². The molecule has 0 unspecified atom stereocenters. The number of carbonyl (C=O) groups excluding carboxylic acids is 3. The summed E-state index contributed by atoms with van der Waals surface area (Å²) in [4.78, 5) is 41.5. The number of fused-ring (bicyclic) bond motifs is 2. The van der Waals surface area contributed by atoms with E-state index in [9.17, 15) is 14.4 Å². The molecule has 3 heterocycles. The summed E-state index contributed by atoms with van der Waals surface area (Å²) in [6.07, 6.45) is 1.38. The van der Waals surface area contributed by atoms with Gasteiger partial charge in [0.2, 0.25) is 0 Å². The van der Waals surface area contributed by atoms with Crippen molar-refractivity contribution in [1.82, 2.24) is 4.90 Å². The Bertz CT molecular complexity index is 1090. The van der Waals surface area contributed by atoms with Gasteiger partial charge in [-0.25, -0.2) is 0 Å². The summed E-state index contributed by atoms with van der Waals surface area (Å²) in [5, 5.41) is 0. The van der Waals surface area contributed by atoms with Gasteiger partial charge in [-0.05, 0) is 43.2 Å². The molecule has 0 N–H and O–H groups in total. The van der Waals surface area contributed by atoms with Crippen molar-refractivity contribution in [3.8, 4) is 17.2 Å². The predicted molar refractivity (Wildman–Crippen MR) is 116 cm³/mol. The molecule has 2 aromatic carbocycles. The molecule has 1 fully saturated rings. The molecular formula is C24H24N2O6. The van der Waals surface area contributed by atoms with Crippen molar-refractivity contribution in [2.45, 2.75) is 12.8 Å². The fourth-order valence-electron chi connectivity index (χ4n) is 4.51. The summed E-state index contributed by atoms with van der Waals surface area (Å²) in [5.74, 6) is 0.880. The third kappa shape index (κ3) is 3.60. The van der Waals surface area contributed by atoms with Crippen LogP contribution in [-0.2, 0) is 4.79 Å². The van der Waals surface area contributed by atoms with Crippen LogP contribution in [0.5, 0.6) is 17.2 Å². The zero-order chi connectivity index (χ0) is 22.2. The number of ether oxygens (including phenoxy) is 3. The molecule has 1 amide bonds. The maximum absolute atomic E-state index is 13.0. The molecule has 8 nitrogen and oxygen atoms in total. The molecule has 0 atom stereocenters. The highest BCUT2D eigenvalue weighted by molar-refractivity contribution is 6.52. The summed E-state index contributed by atoms with van der Waals surface area (Å²) in [6.45, 7) is 2.64. The predicted octanol–water partition coefficient (Wildman–Crippen LogP) is 2.55. The second-order valence-electron chi connectivity index (χ2n) is 8.20. The van der Waals surface area contributed by atoms with E-state index in [-0.39, 0.29) is 11.7 Å². The number of hydrogen-bond acceptors (Lipinski definition) is 7. The number of amides is 1. The van der Waals surface area contributed by atoms with Crippen LogP contribution in [0.15, 0.2) is 36.4 Å². The lowest BCUT2D eigenvalue weighted by Crippen LogP contribution is -2.45. The van der Waals surface area contributed by atoms with Crippen LogP contribution in [0.2, 0.25) is 0 Å². The van der Waals surface area contributed by atoms with Gasteiger partial charge in [-0.3, -0.25) is 24.2 Å². The average molecular weight is 436 g/mol. The van der Waals surface area contributed by atoms with Crippen molar-refractivity contribution in [2.75, 3.05) is 45.0 Å². The SMILES string of the molecule is COc1ccc2c(c1)N(CN1CCC(C(=O)c3ccc4c(c3)OCCO4)CC1)C(=O)C2=O. The van der Waals surface area contributed by atoms with E-state index >= 15 is 0 Å². The topological polar surface area (TPSA) is 85.4 Å². The van der Waals surface area contributed by atoms with Crippen LogP contribution in [-0.4, -0.2) is 62.5 Å². The Morgan fingerprint density at radius 2 is 1.78 bits per heavy atom. The minimum Gasteiger partial charge on any atom is -0.497 e. The van der Waals surface area contributed by atoms with Crippen molar-refractivity contribution in [2.24, 2.45) is 5.92 Å².